The molecule has 0 aromatic heterocycles. The highest BCUT2D eigenvalue weighted by atomic mass is 32.2. The molecule has 2 fully saturated rings. The third-order valence-electron chi connectivity index (χ3n) is 5.61. The first-order valence-corrected chi connectivity index (χ1v) is 11.0. The molecule has 2 N–H and O–H groups in total. The molecule has 1 atom stereocenters. The SMILES string of the molecule is CN(C)S(=O)(=O)c1ccc(N2C[C@H](C(=O)N3CCC(C(N)=O)CC3)CC2=O)cc1. The third kappa shape index (κ3) is 4.27. The number of hydrogen-bond donors (Lipinski definition) is 1. The molecule has 2 heterocycles. The summed E-state index contributed by atoms with van der Waals surface area (Å²) in [5.74, 6) is -1.23. The molecule has 0 unspecified atom stereocenters. The number of nitrogens with zero attached hydrogens (tertiary/aromatic N) is 3. The van der Waals surface area contributed by atoms with Gasteiger partial charge in [-0.05, 0) is 37.1 Å². The standard InChI is InChI=1S/C19H26N4O5S/c1-21(2)29(27,28)16-5-3-15(4-6-16)23-12-14(11-17(23)24)19(26)22-9-7-13(8-10-22)18(20)25/h3-6,13-14H,7-12H2,1-2H3,(H2,20,25)/t14-/m1/s1. The second-order valence-corrected chi connectivity index (χ2v) is 9.84. The lowest BCUT2D eigenvalue weighted by molar-refractivity contribution is -0.138. The Hall–Kier alpha value is -2.46. The van der Waals surface area contributed by atoms with Crippen molar-refractivity contribution in [3.05, 3.63) is 24.3 Å². The lowest BCUT2D eigenvalue weighted by Crippen LogP contribution is -2.44. The minimum Gasteiger partial charge on any atom is -0.369 e. The van der Waals surface area contributed by atoms with Crippen LogP contribution in [-0.4, -0.2) is 69.1 Å². The third-order valence-corrected chi connectivity index (χ3v) is 7.44. The van der Waals surface area contributed by atoms with Crippen LogP contribution in [-0.2, 0) is 24.4 Å². The van der Waals surface area contributed by atoms with Gasteiger partial charge in [0.1, 0.15) is 0 Å². The largest absolute Gasteiger partial charge is 0.369 e. The van der Waals surface area contributed by atoms with Gasteiger partial charge in [-0.2, -0.15) is 0 Å². The van der Waals surface area contributed by atoms with Crippen molar-refractivity contribution in [3.63, 3.8) is 0 Å². The lowest BCUT2D eigenvalue weighted by Gasteiger charge is -2.32. The summed E-state index contributed by atoms with van der Waals surface area (Å²) in [5, 5.41) is 0. The summed E-state index contributed by atoms with van der Waals surface area (Å²) >= 11 is 0. The molecule has 2 saturated heterocycles. The van der Waals surface area contributed by atoms with E-state index in [0.29, 0.717) is 31.6 Å². The van der Waals surface area contributed by atoms with E-state index in [4.69, 9.17) is 5.73 Å². The van der Waals surface area contributed by atoms with Gasteiger partial charge in [0.25, 0.3) is 0 Å². The molecule has 1 aromatic carbocycles. The number of amides is 3. The molecule has 3 amide bonds. The maximum atomic E-state index is 12.8. The number of likely N-dealkylation sites (tertiary alicyclic amines) is 1. The molecule has 0 saturated carbocycles. The first-order valence-electron chi connectivity index (χ1n) is 9.52. The first kappa shape index (κ1) is 21.3. The Bertz CT molecular complexity index is 905. The monoisotopic (exact) mass is 422 g/mol. The second-order valence-electron chi connectivity index (χ2n) is 7.69. The second kappa shape index (κ2) is 8.11. The molecule has 0 bridgehead atoms. The molecule has 9 nitrogen and oxygen atoms in total. The summed E-state index contributed by atoms with van der Waals surface area (Å²) < 4.78 is 25.5. The van der Waals surface area contributed by atoms with E-state index in [9.17, 15) is 22.8 Å². The molecular weight excluding hydrogens is 396 g/mol. The number of carbonyl (C=O) groups is 3. The van der Waals surface area contributed by atoms with Gasteiger partial charge in [-0.25, -0.2) is 12.7 Å². The van der Waals surface area contributed by atoms with Crippen molar-refractivity contribution in [1.82, 2.24) is 9.21 Å². The van der Waals surface area contributed by atoms with Gasteiger partial charge in [0.15, 0.2) is 0 Å². The van der Waals surface area contributed by atoms with E-state index in [2.05, 4.69) is 0 Å². The van der Waals surface area contributed by atoms with Crippen LogP contribution in [0.2, 0.25) is 0 Å². The number of anilines is 1. The van der Waals surface area contributed by atoms with Gasteiger partial charge >= 0.3 is 0 Å². The lowest BCUT2D eigenvalue weighted by atomic mass is 9.95. The number of piperidine rings is 1. The van der Waals surface area contributed by atoms with Crippen molar-refractivity contribution in [2.24, 2.45) is 17.6 Å². The summed E-state index contributed by atoms with van der Waals surface area (Å²) in [6, 6.07) is 6.09. The minimum atomic E-state index is -3.54. The fourth-order valence-corrected chi connectivity index (χ4v) is 4.68. The van der Waals surface area contributed by atoms with Crippen LogP contribution in [0.4, 0.5) is 5.69 Å². The molecule has 0 spiro atoms. The van der Waals surface area contributed by atoms with Gasteiger partial charge in [-0.3, -0.25) is 14.4 Å². The zero-order valence-corrected chi connectivity index (χ0v) is 17.4. The van der Waals surface area contributed by atoms with Gasteiger partial charge in [0.05, 0.1) is 10.8 Å². The smallest absolute Gasteiger partial charge is 0.242 e. The van der Waals surface area contributed by atoms with E-state index >= 15 is 0 Å². The van der Waals surface area contributed by atoms with E-state index in [0.717, 1.165) is 4.31 Å². The van der Waals surface area contributed by atoms with Crippen molar-refractivity contribution in [2.45, 2.75) is 24.2 Å². The fourth-order valence-electron chi connectivity index (χ4n) is 3.77. The summed E-state index contributed by atoms with van der Waals surface area (Å²) in [6.07, 6.45) is 1.22. The molecule has 1 aromatic rings. The zero-order valence-electron chi connectivity index (χ0n) is 16.6. The van der Waals surface area contributed by atoms with E-state index in [1.54, 1.807) is 17.0 Å². The van der Waals surface area contributed by atoms with E-state index in [1.165, 1.54) is 31.1 Å². The maximum absolute atomic E-state index is 12.8. The van der Waals surface area contributed by atoms with Crippen molar-refractivity contribution in [2.75, 3.05) is 38.6 Å². The molecule has 0 radical (unpaired) electrons. The molecular formula is C19H26N4O5S. The maximum Gasteiger partial charge on any atom is 0.242 e. The van der Waals surface area contributed by atoms with Gasteiger partial charge in [-0.1, -0.05) is 0 Å². The zero-order chi connectivity index (χ0) is 21.3. The van der Waals surface area contributed by atoms with Crippen LogP contribution in [0.25, 0.3) is 0 Å². The Morgan fingerprint density at radius 2 is 1.66 bits per heavy atom. The number of carbonyl (C=O) groups excluding carboxylic acids is 3. The van der Waals surface area contributed by atoms with E-state index in [1.807, 2.05) is 0 Å². The van der Waals surface area contributed by atoms with Gasteiger partial charge in [0, 0.05) is 51.8 Å². The van der Waals surface area contributed by atoms with Crippen molar-refractivity contribution >= 4 is 33.4 Å². The Morgan fingerprint density at radius 1 is 1.07 bits per heavy atom. The van der Waals surface area contributed by atoms with Gasteiger partial charge in [0.2, 0.25) is 27.7 Å². The topological polar surface area (TPSA) is 121 Å². The summed E-state index contributed by atoms with van der Waals surface area (Å²) in [7, 11) is -0.636. The average molecular weight is 423 g/mol. The highest BCUT2D eigenvalue weighted by Crippen LogP contribution is 2.29. The molecule has 2 aliphatic rings. The Balaban J connectivity index is 1.66. The quantitative estimate of drug-likeness (QED) is 0.717. The molecule has 2 aliphatic heterocycles. The van der Waals surface area contributed by atoms with Crippen molar-refractivity contribution in [3.8, 4) is 0 Å². The highest BCUT2D eigenvalue weighted by molar-refractivity contribution is 7.89. The number of benzene rings is 1. The van der Waals surface area contributed by atoms with Gasteiger partial charge in [-0.15, -0.1) is 0 Å². The number of rotatable bonds is 5. The summed E-state index contributed by atoms with van der Waals surface area (Å²) in [5.41, 5.74) is 5.90. The van der Waals surface area contributed by atoms with Crippen LogP contribution in [0.5, 0.6) is 0 Å². The Kier molecular flexibility index (Phi) is 5.95. The van der Waals surface area contributed by atoms with Crippen molar-refractivity contribution in [1.29, 1.82) is 0 Å². The number of hydrogen-bond acceptors (Lipinski definition) is 5. The summed E-state index contributed by atoms with van der Waals surface area (Å²) in [6.45, 7) is 1.19. The number of nitrogens with two attached hydrogens (primary N) is 1. The van der Waals surface area contributed by atoms with Crippen LogP contribution in [0.15, 0.2) is 29.2 Å². The van der Waals surface area contributed by atoms with Gasteiger partial charge < -0.3 is 15.5 Å². The van der Waals surface area contributed by atoms with E-state index in [-0.39, 0.29) is 41.5 Å². The predicted octanol–water partition coefficient (Wildman–Crippen LogP) is 0.0137. The first-order chi connectivity index (χ1) is 13.6. The van der Waals surface area contributed by atoms with E-state index < -0.39 is 15.9 Å². The summed E-state index contributed by atoms with van der Waals surface area (Å²) in [4.78, 5) is 39.9. The fraction of sp³-hybridized carbons (Fsp3) is 0.526. The van der Waals surface area contributed by atoms with Crippen LogP contribution >= 0.6 is 0 Å². The normalized spacial score (nSPS) is 21.1. The van der Waals surface area contributed by atoms with Crippen LogP contribution in [0.1, 0.15) is 19.3 Å². The molecule has 29 heavy (non-hydrogen) atoms. The molecule has 158 valence electrons. The molecule has 3 rings (SSSR count). The number of primary amides is 1. The van der Waals surface area contributed by atoms with Crippen LogP contribution in [0, 0.1) is 11.8 Å². The molecule has 10 heteroatoms. The highest BCUT2D eigenvalue weighted by Gasteiger charge is 2.38. The Morgan fingerprint density at radius 3 is 2.17 bits per heavy atom. The predicted molar refractivity (Wildman–Crippen MR) is 106 cm³/mol. The number of sulfonamides is 1. The molecule has 0 aliphatic carbocycles. The minimum absolute atomic E-state index is 0.0874. The average Bonchev–Trinajstić information content (AvgIpc) is 3.09. The Labute approximate surface area is 170 Å². The van der Waals surface area contributed by atoms with Crippen molar-refractivity contribution < 1.29 is 22.8 Å². The van der Waals surface area contributed by atoms with Crippen LogP contribution < -0.4 is 10.6 Å². The van der Waals surface area contributed by atoms with Crippen LogP contribution in [0.3, 0.4) is 0 Å².